The van der Waals surface area contributed by atoms with Crippen molar-refractivity contribution in [3.8, 4) is 0 Å². The van der Waals surface area contributed by atoms with E-state index in [-0.39, 0.29) is 11.0 Å². The number of fused-ring (bicyclic) bond motifs is 1. The van der Waals surface area contributed by atoms with E-state index in [1.165, 1.54) is 0 Å². The highest BCUT2D eigenvalue weighted by atomic mass is 32.1. The molecule has 1 fully saturated rings. The number of aryl methyl sites for hydroxylation is 2. The second kappa shape index (κ2) is 7.20. The Morgan fingerprint density at radius 1 is 1.07 bits per heavy atom. The number of nitrogens with zero attached hydrogens (tertiary/aromatic N) is 5. The van der Waals surface area contributed by atoms with E-state index in [1.807, 2.05) is 13.8 Å². The Balaban J connectivity index is 1.43. The third kappa shape index (κ3) is 3.70. The molecule has 0 radical (unpaired) electrons. The first-order valence-electron chi connectivity index (χ1n) is 9.52. The van der Waals surface area contributed by atoms with E-state index >= 15 is 0 Å². The smallest absolute Gasteiger partial charge is 0.259 e. The van der Waals surface area contributed by atoms with Gasteiger partial charge in [0.2, 0.25) is 5.13 Å². The fourth-order valence-electron chi connectivity index (χ4n) is 3.33. The molecule has 7 nitrogen and oxygen atoms in total. The number of piperazine rings is 1. The molecule has 4 heterocycles. The summed E-state index contributed by atoms with van der Waals surface area (Å²) >= 11 is 3.28. The standard InChI is InChI=1S/C19H26N6OS2/c1-11-12(2)27-16-14(11)15(26)20-13(21-16)10-24-6-8-25(9-7-24)18-23-22-17(28-18)19(3,4)5/h6-10H2,1-5H3,(H,20,21,26). The van der Waals surface area contributed by atoms with Gasteiger partial charge in [-0.3, -0.25) is 9.69 Å². The molecule has 9 heteroatoms. The number of thiophene rings is 1. The first kappa shape index (κ1) is 19.5. The Morgan fingerprint density at radius 2 is 1.79 bits per heavy atom. The van der Waals surface area contributed by atoms with Crippen molar-refractivity contribution in [2.24, 2.45) is 0 Å². The van der Waals surface area contributed by atoms with Crippen molar-refractivity contribution in [1.82, 2.24) is 25.1 Å². The quantitative estimate of drug-likeness (QED) is 0.704. The molecule has 1 N–H and O–H groups in total. The third-order valence-electron chi connectivity index (χ3n) is 5.16. The summed E-state index contributed by atoms with van der Waals surface area (Å²) in [7, 11) is 0. The molecule has 0 aliphatic carbocycles. The van der Waals surface area contributed by atoms with Crippen LogP contribution in [0.3, 0.4) is 0 Å². The highest BCUT2D eigenvalue weighted by Gasteiger charge is 2.24. The topological polar surface area (TPSA) is 78.0 Å². The Morgan fingerprint density at radius 3 is 2.43 bits per heavy atom. The van der Waals surface area contributed by atoms with Gasteiger partial charge in [-0.2, -0.15) is 0 Å². The summed E-state index contributed by atoms with van der Waals surface area (Å²) in [6, 6.07) is 0. The fourth-order valence-corrected chi connectivity index (χ4v) is 5.33. The molecule has 0 saturated carbocycles. The largest absolute Gasteiger partial charge is 0.344 e. The Labute approximate surface area is 172 Å². The second-order valence-corrected chi connectivity index (χ2v) is 10.5. The normalized spacial score (nSPS) is 16.2. The van der Waals surface area contributed by atoms with Crippen LogP contribution in [0.2, 0.25) is 0 Å². The number of hydrogen-bond acceptors (Lipinski definition) is 8. The summed E-state index contributed by atoms with van der Waals surface area (Å²) < 4.78 is 0. The number of H-pyrrole nitrogens is 1. The Bertz CT molecular complexity index is 1050. The molecule has 1 aliphatic heterocycles. The lowest BCUT2D eigenvalue weighted by molar-refractivity contribution is 0.244. The van der Waals surface area contributed by atoms with Gasteiger partial charge in [0.15, 0.2) is 0 Å². The molecule has 0 unspecified atom stereocenters. The summed E-state index contributed by atoms with van der Waals surface area (Å²) in [5.74, 6) is 0.748. The van der Waals surface area contributed by atoms with Crippen LogP contribution in [0.5, 0.6) is 0 Å². The van der Waals surface area contributed by atoms with Crippen LogP contribution < -0.4 is 10.5 Å². The number of nitrogens with one attached hydrogen (secondary N) is 1. The van der Waals surface area contributed by atoms with E-state index in [0.717, 1.165) is 62.8 Å². The first-order chi connectivity index (χ1) is 13.2. The lowest BCUT2D eigenvalue weighted by atomic mass is 9.98. The zero-order chi connectivity index (χ0) is 20.1. The van der Waals surface area contributed by atoms with Crippen LogP contribution in [-0.2, 0) is 12.0 Å². The van der Waals surface area contributed by atoms with Crippen LogP contribution in [0.25, 0.3) is 10.2 Å². The van der Waals surface area contributed by atoms with Gasteiger partial charge in [0.05, 0.1) is 11.9 Å². The average molecular weight is 419 g/mol. The molecular weight excluding hydrogens is 392 g/mol. The van der Waals surface area contributed by atoms with Crippen LogP contribution in [-0.4, -0.2) is 51.2 Å². The number of aromatic nitrogens is 4. The first-order valence-corrected chi connectivity index (χ1v) is 11.2. The molecule has 0 bridgehead atoms. The molecular formula is C19H26N6OS2. The third-order valence-corrected chi connectivity index (χ3v) is 7.67. The number of aromatic amines is 1. The van der Waals surface area contributed by atoms with Gasteiger partial charge in [0, 0.05) is 36.5 Å². The van der Waals surface area contributed by atoms with Gasteiger partial charge in [0.25, 0.3) is 5.56 Å². The van der Waals surface area contributed by atoms with Gasteiger partial charge in [-0.15, -0.1) is 21.5 Å². The van der Waals surface area contributed by atoms with Crippen LogP contribution in [0, 0.1) is 13.8 Å². The zero-order valence-electron chi connectivity index (χ0n) is 17.0. The molecule has 3 aromatic rings. The van der Waals surface area contributed by atoms with E-state index < -0.39 is 0 Å². The van der Waals surface area contributed by atoms with Crippen molar-refractivity contribution in [2.75, 3.05) is 31.1 Å². The highest BCUT2D eigenvalue weighted by molar-refractivity contribution is 7.18. The molecule has 3 aromatic heterocycles. The van der Waals surface area contributed by atoms with Gasteiger partial charge in [0.1, 0.15) is 15.7 Å². The summed E-state index contributed by atoms with van der Waals surface area (Å²) in [4.78, 5) is 26.8. The molecule has 1 aliphatic rings. The monoisotopic (exact) mass is 418 g/mol. The minimum absolute atomic E-state index is 0.0240. The minimum Gasteiger partial charge on any atom is -0.344 e. The molecule has 4 rings (SSSR count). The summed E-state index contributed by atoms with van der Waals surface area (Å²) in [5.41, 5.74) is 1.05. The van der Waals surface area contributed by atoms with Crippen molar-refractivity contribution in [3.05, 3.63) is 31.6 Å². The van der Waals surface area contributed by atoms with Crippen molar-refractivity contribution in [2.45, 2.75) is 46.6 Å². The lowest BCUT2D eigenvalue weighted by Gasteiger charge is -2.33. The molecule has 150 valence electrons. The Kier molecular flexibility index (Phi) is 5.01. The minimum atomic E-state index is -0.0240. The molecule has 0 amide bonds. The van der Waals surface area contributed by atoms with E-state index in [4.69, 9.17) is 4.98 Å². The fraction of sp³-hybridized carbons (Fsp3) is 0.579. The van der Waals surface area contributed by atoms with Gasteiger partial charge < -0.3 is 9.88 Å². The summed E-state index contributed by atoms with van der Waals surface area (Å²) in [5, 5.41) is 11.6. The van der Waals surface area contributed by atoms with Crippen LogP contribution in [0.4, 0.5) is 5.13 Å². The summed E-state index contributed by atoms with van der Waals surface area (Å²) in [6.07, 6.45) is 0. The van der Waals surface area contributed by atoms with Crippen molar-refractivity contribution < 1.29 is 0 Å². The van der Waals surface area contributed by atoms with E-state index in [1.54, 1.807) is 22.7 Å². The highest BCUT2D eigenvalue weighted by Crippen LogP contribution is 2.30. The van der Waals surface area contributed by atoms with E-state index in [2.05, 4.69) is 45.8 Å². The van der Waals surface area contributed by atoms with Crippen LogP contribution >= 0.6 is 22.7 Å². The van der Waals surface area contributed by atoms with Crippen LogP contribution in [0.15, 0.2) is 4.79 Å². The maximum atomic E-state index is 12.5. The number of rotatable bonds is 3. The average Bonchev–Trinajstić information content (AvgIpc) is 3.21. The van der Waals surface area contributed by atoms with Gasteiger partial charge >= 0.3 is 0 Å². The van der Waals surface area contributed by atoms with Crippen LogP contribution in [0.1, 0.15) is 42.0 Å². The Hall–Kier alpha value is -1.84. The number of anilines is 1. The van der Waals surface area contributed by atoms with Crippen molar-refractivity contribution >= 4 is 38.0 Å². The molecule has 0 atom stereocenters. The molecule has 0 spiro atoms. The predicted octanol–water partition coefficient (Wildman–Crippen LogP) is 3.07. The molecule has 28 heavy (non-hydrogen) atoms. The number of hydrogen-bond donors (Lipinski definition) is 1. The van der Waals surface area contributed by atoms with E-state index in [0.29, 0.717) is 6.54 Å². The van der Waals surface area contributed by atoms with Gasteiger partial charge in [-0.25, -0.2) is 4.98 Å². The van der Waals surface area contributed by atoms with E-state index in [9.17, 15) is 4.79 Å². The SMILES string of the molecule is Cc1sc2nc(CN3CCN(c4nnc(C(C)(C)C)s4)CC3)[nH]c(=O)c2c1C. The van der Waals surface area contributed by atoms with Gasteiger partial charge in [-0.1, -0.05) is 32.1 Å². The maximum Gasteiger partial charge on any atom is 0.259 e. The zero-order valence-corrected chi connectivity index (χ0v) is 18.6. The van der Waals surface area contributed by atoms with Crippen molar-refractivity contribution in [3.63, 3.8) is 0 Å². The lowest BCUT2D eigenvalue weighted by Crippen LogP contribution is -2.46. The predicted molar refractivity (Wildman–Crippen MR) is 116 cm³/mol. The van der Waals surface area contributed by atoms with Crippen molar-refractivity contribution in [1.29, 1.82) is 0 Å². The molecule has 1 saturated heterocycles. The maximum absolute atomic E-state index is 12.5. The summed E-state index contributed by atoms with van der Waals surface area (Å²) in [6.45, 7) is 14.8. The second-order valence-electron chi connectivity index (χ2n) is 8.38. The molecule has 0 aromatic carbocycles. The van der Waals surface area contributed by atoms with Gasteiger partial charge in [-0.05, 0) is 19.4 Å².